The van der Waals surface area contributed by atoms with Gasteiger partial charge in [-0.15, -0.1) is 5.10 Å². The summed E-state index contributed by atoms with van der Waals surface area (Å²) in [6.45, 7) is 1.65. The molecule has 1 aliphatic rings. The Labute approximate surface area is 177 Å². The molecule has 3 aromatic rings. The van der Waals surface area contributed by atoms with Crippen LogP contribution in [0.2, 0.25) is 0 Å². The van der Waals surface area contributed by atoms with Gasteiger partial charge in [0.2, 0.25) is 5.91 Å². The van der Waals surface area contributed by atoms with E-state index in [1.807, 2.05) is 0 Å². The largest absolute Gasteiger partial charge is 0.350 e. The van der Waals surface area contributed by atoms with E-state index in [1.54, 1.807) is 29.2 Å². The summed E-state index contributed by atoms with van der Waals surface area (Å²) >= 11 is 0. The number of likely N-dealkylation sites (tertiary alicyclic amines) is 1. The summed E-state index contributed by atoms with van der Waals surface area (Å²) in [5.41, 5.74) is 1.87. The minimum Gasteiger partial charge on any atom is -0.350 e. The van der Waals surface area contributed by atoms with Crippen molar-refractivity contribution in [2.24, 2.45) is 5.92 Å². The fraction of sp³-hybridized carbons (Fsp3) is 0.273. The van der Waals surface area contributed by atoms with Crippen LogP contribution in [0.1, 0.15) is 28.0 Å². The molecule has 0 spiro atoms. The molecule has 0 aliphatic carbocycles. The Morgan fingerprint density at radius 2 is 1.61 bits per heavy atom. The average Bonchev–Trinajstić information content (AvgIpc) is 3.36. The SMILES string of the molecule is O=C(NCC1CC(=O)N(Cc2ccc(F)cc2)C1)c1cn(Cc2ccc(F)cc2)nn1. The first-order chi connectivity index (χ1) is 15.0. The molecular weight excluding hydrogens is 404 g/mol. The van der Waals surface area contributed by atoms with Crippen molar-refractivity contribution in [2.45, 2.75) is 19.5 Å². The molecule has 1 fully saturated rings. The van der Waals surface area contributed by atoms with Gasteiger partial charge in [0.1, 0.15) is 11.6 Å². The minimum atomic E-state index is -0.366. The molecule has 160 valence electrons. The molecule has 1 aromatic heterocycles. The zero-order valence-corrected chi connectivity index (χ0v) is 16.7. The van der Waals surface area contributed by atoms with Crippen molar-refractivity contribution in [1.82, 2.24) is 25.2 Å². The minimum absolute atomic E-state index is 0.00816. The zero-order chi connectivity index (χ0) is 21.8. The molecule has 31 heavy (non-hydrogen) atoms. The summed E-state index contributed by atoms with van der Waals surface area (Å²) in [5, 5.41) is 10.6. The second-order valence-electron chi connectivity index (χ2n) is 7.61. The first-order valence-electron chi connectivity index (χ1n) is 9.91. The predicted molar refractivity (Wildman–Crippen MR) is 108 cm³/mol. The van der Waals surface area contributed by atoms with Gasteiger partial charge in [0.05, 0.1) is 12.7 Å². The van der Waals surface area contributed by atoms with E-state index in [-0.39, 0.29) is 35.1 Å². The summed E-state index contributed by atoms with van der Waals surface area (Å²) in [6.07, 6.45) is 1.87. The lowest BCUT2D eigenvalue weighted by atomic mass is 10.1. The van der Waals surface area contributed by atoms with Crippen LogP contribution in [0.4, 0.5) is 8.78 Å². The summed E-state index contributed by atoms with van der Waals surface area (Å²) < 4.78 is 27.5. The second kappa shape index (κ2) is 9.03. The molecule has 1 unspecified atom stereocenters. The van der Waals surface area contributed by atoms with E-state index in [2.05, 4.69) is 15.6 Å². The number of hydrogen-bond donors (Lipinski definition) is 1. The maximum absolute atomic E-state index is 13.0. The van der Waals surface area contributed by atoms with E-state index in [0.717, 1.165) is 11.1 Å². The average molecular weight is 425 g/mol. The smallest absolute Gasteiger partial charge is 0.273 e. The number of carbonyl (C=O) groups excluding carboxylic acids is 2. The van der Waals surface area contributed by atoms with Crippen LogP contribution < -0.4 is 5.32 Å². The fourth-order valence-electron chi connectivity index (χ4n) is 3.54. The molecule has 2 heterocycles. The van der Waals surface area contributed by atoms with Crippen LogP contribution in [-0.4, -0.2) is 44.8 Å². The van der Waals surface area contributed by atoms with Crippen LogP contribution in [0, 0.1) is 17.6 Å². The van der Waals surface area contributed by atoms with Gasteiger partial charge in [-0.25, -0.2) is 13.5 Å². The number of benzene rings is 2. The first kappa shape index (κ1) is 20.6. The Kier molecular flexibility index (Phi) is 6.01. The third-order valence-electron chi connectivity index (χ3n) is 5.16. The Morgan fingerprint density at radius 1 is 1.00 bits per heavy atom. The number of rotatable bonds is 7. The fourth-order valence-corrected chi connectivity index (χ4v) is 3.54. The van der Waals surface area contributed by atoms with Crippen LogP contribution in [0.25, 0.3) is 0 Å². The molecule has 2 amide bonds. The Bertz CT molecular complexity index is 1070. The molecule has 1 N–H and O–H groups in total. The highest BCUT2D eigenvalue weighted by molar-refractivity contribution is 5.91. The van der Waals surface area contributed by atoms with Crippen molar-refractivity contribution in [1.29, 1.82) is 0 Å². The third-order valence-corrected chi connectivity index (χ3v) is 5.16. The number of nitrogens with one attached hydrogen (secondary N) is 1. The van der Waals surface area contributed by atoms with Gasteiger partial charge in [0.25, 0.3) is 5.91 Å². The van der Waals surface area contributed by atoms with E-state index in [0.29, 0.717) is 32.6 Å². The van der Waals surface area contributed by atoms with Gasteiger partial charge < -0.3 is 10.2 Å². The monoisotopic (exact) mass is 425 g/mol. The Morgan fingerprint density at radius 3 is 2.26 bits per heavy atom. The quantitative estimate of drug-likeness (QED) is 0.630. The first-order valence-corrected chi connectivity index (χ1v) is 9.91. The van der Waals surface area contributed by atoms with Crippen molar-refractivity contribution in [3.63, 3.8) is 0 Å². The lowest BCUT2D eigenvalue weighted by Crippen LogP contribution is -2.31. The van der Waals surface area contributed by atoms with Crippen molar-refractivity contribution in [2.75, 3.05) is 13.1 Å². The van der Waals surface area contributed by atoms with E-state index in [9.17, 15) is 18.4 Å². The van der Waals surface area contributed by atoms with E-state index < -0.39 is 0 Å². The van der Waals surface area contributed by atoms with Crippen LogP contribution in [0.5, 0.6) is 0 Å². The number of aromatic nitrogens is 3. The molecule has 7 nitrogen and oxygen atoms in total. The van der Waals surface area contributed by atoms with Crippen molar-refractivity contribution in [3.8, 4) is 0 Å². The zero-order valence-electron chi connectivity index (χ0n) is 16.7. The van der Waals surface area contributed by atoms with Gasteiger partial charge in [0.15, 0.2) is 5.69 Å². The molecule has 1 aliphatic heterocycles. The second-order valence-corrected chi connectivity index (χ2v) is 7.61. The summed E-state index contributed by atoms with van der Waals surface area (Å²) in [6, 6.07) is 12.1. The van der Waals surface area contributed by atoms with Gasteiger partial charge in [-0.3, -0.25) is 9.59 Å². The molecule has 0 radical (unpaired) electrons. The Balaban J connectivity index is 1.27. The highest BCUT2D eigenvalue weighted by Crippen LogP contribution is 2.20. The maximum atomic E-state index is 13.0. The van der Waals surface area contributed by atoms with Gasteiger partial charge in [-0.1, -0.05) is 29.5 Å². The van der Waals surface area contributed by atoms with E-state index >= 15 is 0 Å². The molecule has 0 saturated carbocycles. The maximum Gasteiger partial charge on any atom is 0.273 e. The van der Waals surface area contributed by atoms with Gasteiger partial charge in [-0.05, 0) is 35.4 Å². The summed E-state index contributed by atoms with van der Waals surface area (Å²) in [5.74, 6) is -0.995. The van der Waals surface area contributed by atoms with Crippen LogP contribution in [0.15, 0.2) is 54.7 Å². The molecule has 1 saturated heterocycles. The molecular formula is C22H21F2N5O2. The number of carbonyl (C=O) groups is 2. The highest BCUT2D eigenvalue weighted by atomic mass is 19.1. The van der Waals surface area contributed by atoms with Gasteiger partial charge >= 0.3 is 0 Å². The number of amides is 2. The summed E-state index contributed by atoms with van der Waals surface area (Å²) in [7, 11) is 0. The summed E-state index contributed by atoms with van der Waals surface area (Å²) in [4.78, 5) is 26.4. The van der Waals surface area contributed by atoms with Crippen molar-refractivity contribution in [3.05, 3.63) is 83.2 Å². The van der Waals surface area contributed by atoms with Crippen LogP contribution in [0.3, 0.4) is 0 Å². The van der Waals surface area contributed by atoms with Gasteiger partial charge in [-0.2, -0.15) is 0 Å². The number of nitrogens with zero attached hydrogens (tertiary/aromatic N) is 4. The topological polar surface area (TPSA) is 80.1 Å². The third kappa shape index (κ3) is 5.30. The van der Waals surface area contributed by atoms with Gasteiger partial charge in [0, 0.05) is 32.0 Å². The van der Waals surface area contributed by atoms with E-state index in [4.69, 9.17) is 0 Å². The van der Waals surface area contributed by atoms with E-state index in [1.165, 1.54) is 35.1 Å². The van der Waals surface area contributed by atoms with Crippen LogP contribution in [-0.2, 0) is 17.9 Å². The highest BCUT2D eigenvalue weighted by Gasteiger charge is 2.30. The molecule has 2 aromatic carbocycles. The molecule has 0 bridgehead atoms. The normalized spacial score (nSPS) is 16.0. The number of hydrogen-bond acceptors (Lipinski definition) is 4. The van der Waals surface area contributed by atoms with Crippen molar-refractivity contribution >= 4 is 11.8 Å². The molecule has 9 heteroatoms. The lowest BCUT2D eigenvalue weighted by molar-refractivity contribution is -0.128. The number of halogens is 2. The lowest BCUT2D eigenvalue weighted by Gasteiger charge is -2.17. The predicted octanol–water partition coefficient (Wildman–Crippen LogP) is 2.38. The molecule has 1 atom stereocenters. The standard InChI is InChI=1S/C22H21F2N5O2/c23-18-5-1-15(2-6-18)11-28-12-17(9-21(28)30)10-25-22(31)20-14-29(27-26-20)13-16-3-7-19(24)8-4-16/h1-8,14,17H,9-13H2,(H,25,31). The molecule has 4 rings (SSSR count). The Hall–Kier alpha value is -3.62. The van der Waals surface area contributed by atoms with Crippen molar-refractivity contribution < 1.29 is 18.4 Å². The van der Waals surface area contributed by atoms with Crippen LogP contribution >= 0.6 is 0 Å².